The van der Waals surface area contributed by atoms with Crippen molar-refractivity contribution >= 4 is 50.3 Å². The molecule has 7 heteroatoms. The van der Waals surface area contributed by atoms with Gasteiger partial charge in [0.2, 0.25) is 11.8 Å². The Morgan fingerprint density at radius 2 is 1.61 bits per heavy atom. The summed E-state index contributed by atoms with van der Waals surface area (Å²) in [4.78, 5) is 43.3. The molecule has 2 aromatic carbocycles. The Hall–Kier alpha value is -3.32. The molecule has 0 radical (unpaired) electrons. The first-order valence-electron chi connectivity index (χ1n) is 9.91. The predicted octanol–water partition coefficient (Wildman–Crippen LogP) is 4.82. The smallest absolute Gasteiger partial charge is 0.336 e. The summed E-state index contributed by atoms with van der Waals surface area (Å²) in [6.45, 7) is 0. The molecule has 154 valence electrons. The number of anilines is 1. The molecule has 2 amide bonds. The number of allylic oxidation sites excluding steroid dienone is 2. The molecule has 1 aliphatic heterocycles. The monoisotopic (exact) mass is 476 g/mol. The van der Waals surface area contributed by atoms with Crippen LogP contribution in [0.4, 0.5) is 5.69 Å². The molecule has 0 bridgehead atoms. The first-order chi connectivity index (χ1) is 14.9. The number of carboxylic acids is 1. The van der Waals surface area contributed by atoms with E-state index in [1.54, 1.807) is 42.5 Å². The number of hydrogen-bond donors (Lipinski definition) is 1. The van der Waals surface area contributed by atoms with Crippen molar-refractivity contribution < 1.29 is 19.5 Å². The van der Waals surface area contributed by atoms with Crippen LogP contribution in [0.3, 0.4) is 0 Å². The molecular weight excluding hydrogens is 460 g/mol. The zero-order valence-electron chi connectivity index (χ0n) is 16.3. The van der Waals surface area contributed by atoms with E-state index in [9.17, 15) is 19.5 Å². The number of carbonyl (C=O) groups excluding carboxylic acids is 2. The third-order valence-electron chi connectivity index (χ3n) is 5.93. The van der Waals surface area contributed by atoms with Crippen LogP contribution >= 0.6 is 15.9 Å². The van der Waals surface area contributed by atoms with Crippen molar-refractivity contribution in [1.29, 1.82) is 0 Å². The Labute approximate surface area is 186 Å². The van der Waals surface area contributed by atoms with Gasteiger partial charge in [-0.05, 0) is 49.2 Å². The molecule has 1 fully saturated rings. The second-order valence-corrected chi connectivity index (χ2v) is 8.65. The largest absolute Gasteiger partial charge is 0.478 e. The number of amides is 2. The molecule has 31 heavy (non-hydrogen) atoms. The van der Waals surface area contributed by atoms with Crippen LogP contribution in [0.25, 0.3) is 22.2 Å². The van der Waals surface area contributed by atoms with E-state index in [0.717, 1.165) is 4.47 Å². The highest BCUT2D eigenvalue weighted by Gasteiger charge is 2.47. The number of halogens is 1. The number of imide groups is 1. The molecule has 0 saturated carbocycles. The van der Waals surface area contributed by atoms with Gasteiger partial charge in [0.15, 0.2) is 0 Å². The number of benzene rings is 2. The Morgan fingerprint density at radius 3 is 2.23 bits per heavy atom. The molecule has 2 heterocycles. The van der Waals surface area contributed by atoms with Crippen molar-refractivity contribution in [3.8, 4) is 11.3 Å². The second kappa shape index (κ2) is 7.42. The normalized spacial score (nSPS) is 20.4. The number of nitrogens with zero attached hydrogens (tertiary/aromatic N) is 2. The summed E-state index contributed by atoms with van der Waals surface area (Å²) in [6.07, 6.45) is 5.11. The summed E-state index contributed by atoms with van der Waals surface area (Å²) < 4.78 is 0.775. The van der Waals surface area contributed by atoms with Gasteiger partial charge < -0.3 is 5.11 Å². The van der Waals surface area contributed by atoms with Crippen LogP contribution in [0.1, 0.15) is 23.2 Å². The first kappa shape index (κ1) is 19.6. The average Bonchev–Trinajstić information content (AvgIpc) is 3.03. The van der Waals surface area contributed by atoms with Crippen molar-refractivity contribution in [3.63, 3.8) is 0 Å². The number of carboxylic acid groups (broad SMARTS) is 1. The maximum Gasteiger partial charge on any atom is 0.336 e. The SMILES string of the molecule is O=C(O)c1cc(-c2ccc(N3C(=O)[C@H]4CC=CC[C@H]4C3=O)cc2)nc2ccc(Br)cc12. The fraction of sp³-hybridized carbons (Fsp3) is 0.167. The summed E-state index contributed by atoms with van der Waals surface area (Å²) >= 11 is 3.37. The van der Waals surface area contributed by atoms with E-state index < -0.39 is 5.97 Å². The molecule has 1 saturated heterocycles. The van der Waals surface area contributed by atoms with Gasteiger partial charge in [-0.3, -0.25) is 14.5 Å². The van der Waals surface area contributed by atoms with Gasteiger partial charge in [-0.15, -0.1) is 0 Å². The predicted molar refractivity (Wildman–Crippen MR) is 120 cm³/mol. The number of aromatic carboxylic acids is 1. The van der Waals surface area contributed by atoms with Gasteiger partial charge in [-0.2, -0.15) is 0 Å². The summed E-state index contributed by atoms with van der Waals surface area (Å²) in [5.74, 6) is -1.91. The fourth-order valence-corrected chi connectivity index (χ4v) is 4.72. The molecule has 2 atom stereocenters. The van der Waals surface area contributed by atoms with E-state index >= 15 is 0 Å². The summed E-state index contributed by atoms with van der Waals surface area (Å²) in [5, 5.41) is 10.2. The van der Waals surface area contributed by atoms with E-state index in [4.69, 9.17) is 0 Å². The Balaban J connectivity index is 1.52. The minimum absolute atomic E-state index is 0.158. The quantitative estimate of drug-likeness (QED) is 0.432. The van der Waals surface area contributed by atoms with Crippen molar-refractivity contribution in [2.45, 2.75) is 12.8 Å². The van der Waals surface area contributed by atoms with Crippen LogP contribution in [-0.2, 0) is 9.59 Å². The third kappa shape index (κ3) is 3.25. The van der Waals surface area contributed by atoms with Crippen LogP contribution in [0.15, 0.2) is 65.2 Å². The Bertz CT molecular complexity index is 1260. The molecule has 5 rings (SSSR count). The highest BCUT2D eigenvalue weighted by atomic mass is 79.9. The lowest BCUT2D eigenvalue weighted by molar-refractivity contribution is -0.122. The molecule has 2 aliphatic rings. The van der Waals surface area contributed by atoms with E-state index in [0.29, 0.717) is 40.7 Å². The molecule has 0 unspecified atom stereocenters. The molecular formula is C24H17BrN2O4. The van der Waals surface area contributed by atoms with Crippen molar-refractivity contribution in [2.24, 2.45) is 11.8 Å². The lowest BCUT2D eigenvalue weighted by Gasteiger charge is -2.15. The Morgan fingerprint density at radius 1 is 0.968 bits per heavy atom. The van der Waals surface area contributed by atoms with E-state index in [1.165, 1.54) is 4.90 Å². The second-order valence-electron chi connectivity index (χ2n) is 7.74. The van der Waals surface area contributed by atoms with Crippen LogP contribution in [-0.4, -0.2) is 27.9 Å². The number of rotatable bonds is 3. The average molecular weight is 477 g/mol. The lowest BCUT2D eigenvalue weighted by atomic mass is 9.85. The third-order valence-corrected chi connectivity index (χ3v) is 6.42. The van der Waals surface area contributed by atoms with Crippen LogP contribution in [0, 0.1) is 11.8 Å². The standard InChI is InChI=1S/C24H17BrN2O4/c25-14-7-10-20-18(11-14)19(24(30)31)12-21(26-20)13-5-8-15(9-6-13)27-22(28)16-3-1-2-4-17(16)23(27)29/h1-2,5-12,16-17H,3-4H2,(H,30,31)/t16-,17+. The lowest BCUT2D eigenvalue weighted by Crippen LogP contribution is -2.30. The molecule has 0 spiro atoms. The number of aromatic nitrogens is 1. The molecule has 3 aromatic rings. The number of pyridine rings is 1. The fourth-order valence-electron chi connectivity index (χ4n) is 4.36. The van der Waals surface area contributed by atoms with E-state index in [1.807, 2.05) is 18.2 Å². The van der Waals surface area contributed by atoms with Gasteiger partial charge in [0.1, 0.15) is 0 Å². The maximum atomic E-state index is 12.8. The Kier molecular flexibility index (Phi) is 4.70. The van der Waals surface area contributed by atoms with E-state index in [-0.39, 0.29) is 29.2 Å². The summed E-state index contributed by atoms with van der Waals surface area (Å²) in [6, 6.07) is 13.8. The highest BCUT2D eigenvalue weighted by Crippen LogP contribution is 2.38. The zero-order valence-corrected chi connectivity index (χ0v) is 17.9. The zero-order chi connectivity index (χ0) is 21.7. The minimum atomic E-state index is -1.03. The molecule has 1 aliphatic carbocycles. The first-order valence-corrected chi connectivity index (χ1v) is 10.7. The topological polar surface area (TPSA) is 87.6 Å². The van der Waals surface area contributed by atoms with Crippen molar-refractivity contribution in [1.82, 2.24) is 4.98 Å². The van der Waals surface area contributed by atoms with Crippen LogP contribution in [0.2, 0.25) is 0 Å². The molecule has 1 aromatic heterocycles. The van der Waals surface area contributed by atoms with Crippen molar-refractivity contribution in [2.75, 3.05) is 4.90 Å². The highest BCUT2D eigenvalue weighted by molar-refractivity contribution is 9.10. The van der Waals surface area contributed by atoms with Gasteiger partial charge in [0, 0.05) is 15.4 Å². The van der Waals surface area contributed by atoms with E-state index in [2.05, 4.69) is 20.9 Å². The van der Waals surface area contributed by atoms with Gasteiger partial charge in [-0.25, -0.2) is 9.78 Å². The van der Waals surface area contributed by atoms with Gasteiger partial charge in [0.25, 0.3) is 0 Å². The number of hydrogen-bond acceptors (Lipinski definition) is 4. The van der Waals surface area contributed by atoms with Crippen LogP contribution in [0.5, 0.6) is 0 Å². The molecule has 1 N–H and O–H groups in total. The maximum absolute atomic E-state index is 12.8. The van der Waals surface area contributed by atoms with Gasteiger partial charge >= 0.3 is 5.97 Å². The summed E-state index contributed by atoms with van der Waals surface area (Å²) in [7, 11) is 0. The van der Waals surface area contributed by atoms with Crippen molar-refractivity contribution in [3.05, 3.63) is 70.7 Å². The minimum Gasteiger partial charge on any atom is -0.478 e. The van der Waals surface area contributed by atoms with Gasteiger partial charge in [0.05, 0.1) is 34.3 Å². The molecule has 6 nitrogen and oxygen atoms in total. The number of carbonyl (C=O) groups is 3. The summed E-state index contributed by atoms with van der Waals surface area (Å²) in [5.41, 5.74) is 2.47. The van der Waals surface area contributed by atoms with Crippen LogP contribution < -0.4 is 4.90 Å². The number of fused-ring (bicyclic) bond motifs is 2. The van der Waals surface area contributed by atoms with Gasteiger partial charge in [-0.1, -0.05) is 40.2 Å².